The summed E-state index contributed by atoms with van der Waals surface area (Å²) < 4.78 is 0.736. The van der Waals surface area contributed by atoms with Crippen LogP contribution in [0.1, 0.15) is 35.4 Å². The highest BCUT2D eigenvalue weighted by Gasteiger charge is 2.44. The van der Waals surface area contributed by atoms with E-state index in [1.807, 2.05) is 18.3 Å². The van der Waals surface area contributed by atoms with E-state index in [0.29, 0.717) is 11.4 Å². The molecule has 128 valence electrons. The number of aliphatic imine (C=N–C) groups is 2. The van der Waals surface area contributed by atoms with E-state index in [2.05, 4.69) is 42.0 Å². The summed E-state index contributed by atoms with van der Waals surface area (Å²) in [5, 5.41) is 16.5. The lowest BCUT2D eigenvalue weighted by Crippen LogP contribution is -2.35. The van der Waals surface area contributed by atoms with Gasteiger partial charge in [0.15, 0.2) is 5.82 Å². The van der Waals surface area contributed by atoms with Crippen LogP contribution in [0.15, 0.2) is 38.9 Å². The minimum Gasteiger partial charge on any atom is -0.306 e. The minimum absolute atomic E-state index is 0.212. The Labute approximate surface area is 159 Å². The molecule has 2 aliphatic heterocycles. The summed E-state index contributed by atoms with van der Waals surface area (Å²) in [6.07, 6.45) is 5.38. The van der Waals surface area contributed by atoms with Crippen LogP contribution in [0.5, 0.6) is 0 Å². The molecule has 0 bridgehead atoms. The predicted molar refractivity (Wildman–Crippen MR) is 103 cm³/mol. The Morgan fingerprint density at radius 3 is 2.96 bits per heavy atom. The Kier molecular flexibility index (Phi) is 4.40. The summed E-state index contributed by atoms with van der Waals surface area (Å²) in [6.45, 7) is 8.66. The van der Waals surface area contributed by atoms with Crippen molar-refractivity contribution in [3.05, 3.63) is 57.0 Å². The quantitative estimate of drug-likeness (QED) is 0.763. The second-order valence-corrected chi connectivity index (χ2v) is 7.19. The Morgan fingerprint density at radius 1 is 1.35 bits per heavy atom. The van der Waals surface area contributed by atoms with E-state index in [1.54, 1.807) is 12.3 Å². The van der Waals surface area contributed by atoms with E-state index in [-0.39, 0.29) is 11.8 Å². The number of hydrogen-bond donors (Lipinski definition) is 1. The fraction of sp³-hybridized carbons (Fsp3) is 0.316. The second kappa shape index (κ2) is 6.86. The first kappa shape index (κ1) is 16.7. The number of benzene rings is 1. The van der Waals surface area contributed by atoms with Crippen molar-refractivity contribution in [1.82, 2.24) is 10.2 Å². The molecule has 4 rings (SSSR count). The van der Waals surface area contributed by atoms with Gasteiger partial charge in [0.1, 0.15) is 11.8 Å². The summed E-state index contributed by atoms with van der Waals surface area (Å²) in [5.41, 5.74) is 3.27. The molecule has 0 fully saturated rings. The molecule has 2 aliphatic rings. The molecule has 0 radical (unpaired) electrons. The highest BCUT2D eigenvalue weighted by molar-refractivity contribution is 9.10. The molecular formula is C19H15BrN6. The zero-order valence-electron chi connectivity index (χ0n) is 13.9. The van der Waals surface area contributed by atoms with E-state index < -0.39 is 6.04 Å². The van der Waals surface area contributed by atoms with Gasteiger partial charge in [0.05, 0.1) is 17.7 Å². The lowest BCUT2D eigenvalue weighted by Gasteiger charge is -2.29. The van der Waals surface area contributed by atoms with Gasteiger partial charge in [-0.3, -0.25) is 10.1 Å². The Hall–Kier alpha value is -2.77. The topological polar surface area (TPSA) is 81.5 Å². The first-order chi connectivity index (χ1) is 12.7. The van der Waals surface area contributed by atoms with Crippen LogP contribution in [-0.4, -0.2) is 34.7 Å². The highest BCUT2D eigenvalue weighted by atomic mass is 79.9. The monoisotopic (exact) mass is 406 g/mol. The summed E-state index contributed by atoms with van der Waals surface area (Å²) in [7, 11) is 0. The van der Waals surface area contributed by atoms with Crippen LogP contribution in [0.25, 0.3) is 4.85 Å². The van der Waals surface area contributed by atoms with Gasteiger partial charge in [0.2, 0.25) is 0 Å². The summed E-state index contributed by atoms with van der Waals surface area (Å²) in [5.74, 6) is 0.709. The molecule has 1 N–H and O–H groups in total. The molecule has 1 aromatic heterocycles. The molecule has 0 saturated carbocycles. The number of nitrogens with zero attached hydrogens (tertiary/aromatic N) is 5. The molecule has 0 amide bonds. The third-order valence-corrected chi connectivity index (χ3v) is 5.89. The number of rotatable bonds is 2. The molecule has 6 nitrogen and oxygen atoms in total. The van der Waals surface area contributed by atoms with E-state index in [4.69, 9.17) is 11.6 Å². The third kappa shape index (κ3) is 2.65. The molecule has 1 aromatic carbocycles. The third-order valence-electron chi connectivity index (χ3n) is 5.01. The van der Waals surface area contributed by atoms with Gasteiger partial charge in [0, 0.05) is 22.5 Å². The lowest BCUT2D eigenvalue weighted by atomic mass is 9.77. The average molecular weight is 407 g/mol. The number of aromatic amines is 1. The maximum atomic E-state index is 9.38. The molecule has 0 aliphatic carbocycles. The smallest absolute Gasteiger partial charge is 0.272 e. The van der Waals surface area contributed by atoms with E-state index in [1.165, 1.54) is 0 Å². The highest BCUT2D eigenvalue weighted by Crippen LogP contribution is 2.44. The fourth-order valence-corrected chi connectivity index (χ4v) is 4.34. The zero-order chi connectivity index (χ0) is 18.1. The molecule has 3 heterocycles. The van der Waals surface area contributed by atoms with Gasteiger partial charge in [0.25, 0.3) is 6.04 Å². The molecule has 3 unspecified atom stereocenters. The van der Waals surface area contributed by atoms with Crippen LogP contribution >= 0.6 is 15.9 Å². The maximum absolute atomic E-state index is 9.38. The number of H-pyrrole nitrogens is 1. The molecule has 7 heteroatoms. The van der Waals surface area contributed by atoms with E-state index in [0.717, 1.165) is 40.7 Å². The standard InChI is InChI=1S/C19H15BrN6/c1-22-18-15(13-4-2-3-12(9-21)16(13)20)14-10-24-26-19(14)25-17(18)11-5-7-23-8-6-11/h2-4,7,10-11,15,18H,5-6,8H2,(H,24,26). The fourth-order valence-electron chi connectivity index (χ4n) is 3.74. The average Bonchev–Trinajstić information content (AvgIpc) is 3.16. The van der Waals surface area contributed by atoms with E-state index in [9.17, 15) is 5.26 Å². The van der Waals surface area contributed by atoms with Crippen LogP contribution < -0.4 is 0 Å². The van der Waals surface area contributed by atoms with Crippen molar-refractivity contribution in [2.45, 2.75) is 24.8 Å². The van der Waals surface area contributed by atoms with Gasteiger partial charge in [-0.05, 0) is 46.6 Å². The van der Waals surface area contributed by atoms with Gasteiger partial charge < -0.3 is 4.85 Å². The Balaban J connectivity index is 1.87. The van der Waals surface area contributed by atoms with Gasteiger partial charge in [-0.1, -0.05) is 12.1 Å². The normalized spacial score (nSPS) is 24.3. The largest absolute Gasteiger partial charge is 0.306 e. The molecule has 26 heavy (non-hydrogen) atoms. The Bertz CT molecular complexity index is 990. The minimum atomic E-state index is -0.415. The van der Waals surface area contributed by atoms with Crippen molar-refractivity contribution in [2.75, 3.05) is 6.54 Å². The molecular weight excluding hydrogens is 392 g/mol. The first-order valence-corrected chi connectivity index (χ1v) is 9.19. The summed E-state index contributed by atoms with van der Waals surface area (Å²) in [4.78, 5) is 13.0. The molecule has 3 atom stereocenters. The summed E-state index contributed by atoms with van der Waals surface area (Å²) >= 11 is 3.57. The van der Waals surface area contributed by atoms with Crippen molar-refractivity contribution < 1.29 is 0 Å². The predicted octanol–water partition coefficient (Wildman–Crippen LogP) is 4.03. The maximum Gasteiger partial charge on any atom is 0.272 e. The number of fused-ring (bicyclic) bond motifs is 1. The zero-order valence-corrected chi connectivity index (χ0v) is 15.4. The molecule has 0 spiro atoms. The van der Waals surface area contributed by atoms with Crippen LogP contribution in [-0.2, 0) is 0 Å². The number of nitrogens with one attached hydrogen (secondary N) is 1. The van der Waals surface area contributed by atoms with Crippen LogP contribution in [0.2, 0.25) is 0 Å². The van der Waals surface area contributed by atoms with Crippen molar-refractivity contribution >= 4 is 33.7 Å². The number of halogens is 1. The van der Waals surface area contributed by atoms with Crippen LogP contribution in [0.3, 0.4) is 0 Å². The van der Waals surface area contributed by atoms with Gasteiger partial charge in [-0.15, -0.1) is 0 Å². The number of hydrogen-bond acceptors (Lipinski definition) is 4. The van der Waals surface area contributed by atoms with Crippen LogP contribution in [0.4, 0.5) is 5.82 Å². The Morgan fingerprint density at radius 2 is 2.23 bits per heavy atom. The van der Waals surface area contributed by atoms with Crippen LogP contribution in [0, 0.1) is 23.8 Å². The van der Waals surface area contributed by atoms with Crippen molar-refractivity contribution in [3.8, 4) is 6.07 Å². The molecule has 0 saturated heterocycles. The number of nitriles is 1. The van der Waals surface area contributed by atoms with Crippen molar-refractivity contribution in [3.63, 3.8) is 0 Å². The van der Waals surface area contributed by atoms with Gasteiger partial charge >= 0.3 is 0 Å². The first-order valence-electron chi connectivity index (χ1n) is 8.39. The lowest BCUT2D eigenvalue weighted by molar-refractivity contribution is 0.608. The molecule has 2 aromatic rings. The van der Waals surface area contributed by atoms with E-state index >= 15 is 0 Å². The van der Waals surface area contributed by atoms with Crippen molar-refractivity contribution in [1.29, 1.82) is 5.26 Å². The second-order valence-electron chi connectivity index (χ2n) is 6.39. The number of aromatic nitrogens is 2. The van der Waals surface area contributed by atoms with Gasteiger partial charge in [-0.2, -0.15) is 10.4 Å². The SMILES string of the molecule is [C-]#[N+]C1C(C2CC=NCC2)=Nc2[nH]ncc2C1c1cccc(C#N)c1Br. The van der Waals surface area contributed by atoms with Crippen molar-refractivity contribution in [2.24, 2.45) is 15.9 Å². The van der Waals surface area contributed by atoms with Gasteiger partial charge in [-0.25, -0.2) is 11.6 Å². The summed E-state index contributed by atoms with van der Waals surface area (Å²) in [6, 6.07) is 7.39.